The largest absolute Gasteiger partial charge is 0.384 e. The molecule has 0 amide bonds. The smallest absolute Gasteiger partial charge is 0.102 e. The highest BCUT2D eigenvalue weighted by Gasteiger charge is 2.32. The molecular weight excluding hydrogens is 242 g/mol. The third-order valence-electron chi connectivity index (χ3n) is 2.94. The lowest BCUT2D eigenvalue weighted by molar-refractivity contribution is 0.0279. The Morgan fingerprint density at radius 1 is 1.50 bits per heavy atom. The van der Waals surface area contributed by atoms with Crippen molar-refractivity contribution in [1.29, 1.82) is 0 Å². The van der Waals surface area contributed by atoms with E-state index in [1.807, 2.05) is 12.1 Å². The standard InChI is InChI=1S/C11H14BrNO/c12-9-3-4-10-8(6-9)2-1-5-11(10,14)7-13/h3-4,6,14H,1-2,5,7,13H2. The predicted octanol–water partition coefficient (Wildman–Crippen LogP) is 1.93. The second-order valence-corrected chi connectivity index (χ2v) is 4.81. The highest BCUT2D eigenvalue weighted by atomic mass is 79.9. The first-order valence-corrected chi connectivity index (χ1v) is 5.66. The van der Waals surface area contributed by atoms with Crippen LogP contribution in [0.2, 0.25) is 0 Å². The molecule has 0 aromatic heterocycles. The summed E-state index contributed by atoms with van der Waals surface area (Å²) >= 11 is 3.44. The van der Waals surface area contributed by atoms with Crippen molar-refractivity contribution >= 4 is 15.9 Å². The minimum absolute atomic E-state index is 0.307. The van der Waals surface area contributed by atoms with E-state index in [4.69, 9.17) is 5.73 Å². The van der Waals surface area contributed by atoms with Crippen LogP contribution in [0, 0.1) is 0 Å². The number of aryl methyl sites for hydroxylation is 1. The number of hydrogen-bond acceptors (Lipinski definition) is 2. The van der Waals surface area contributed by atoms with Crippen molar-refractivity contribution in [3.63, 3.8) is 0 Å². The van der Waals surface area contributed by atoms with E-state index in [9.17, 15) is 5.11 Å². The first-order chi connectivity index (χ1) is 6.65. The van der Waals surface area contributed by atoms with E-state index in [0.717, 1.165) is 29.3 Å². The summed E-state index contributed by atoms with van der Waals surface area (Å²) in [6.45, 7) is 0.307. The first-order valence-electron chi connectivity index (χ1n) is 4.87. The third kappa shape index (κ3) is 1.60. The number of benzene rings is 1. The molecule has 2 rings (SSSR count). The van der Waals surface area contributed by atoms with Crippen LogP contribution in [0.5, 0.6) is 0 Å². The maximum atomic E-state index is 10.3. The van der Waals surface area contributed by atoms with Crippen LogP contribution < -0.4 is 5.73 Å². The number of rotatable bonds is 1. The maximum absolute atomic E-state index is 10.3. The van der Waals surface area contributed by atoms with Crippen LogP contribution in [0.4, 0.5) is 0 Å². The van der Waals surface area contributed by atoms with E-state index < -0.39 is 5.60 Å². The number of fused-ring (bicyclic) bond motifs is 1. The lowest BCUT2D eigenvalue weighted by atomic mass is 9.79. The Morgan fingerprint density at radius 2 is 2.29 bits per heavy atom. The molecule has 0 aliphatic heterocycles. The third-order valence-corrected chi connectivity index (χ3v) is 3.44. The first kappa shape index (κ1) is 10.1. The fraction of sp³-hybridized carbons (Fsp3) is 0.455. The van der Waals surface area contributed by atoms with Gasteiger partial charge < -0.3 is 10.8 Å². The summed E-state index contributed by atoms with van der Waals surface area (Å²) in [5.74, 6) is 0. The highest BCUT2D eigenvalue weighted by molar-refractivity contribution is 9.10. The van der Waals surface area contributed by atoms with Crippen LogP contribution in [-0.2, 0) is 12.0 Å². The molecule has 3 heteroatoms. The van der Waals surface area contributed by atoms with Crippen LogP contribution in [0.1, 0.15) is 24.0 Å². The van der Waals surface area contributed by atoms with Gasteiger partial charge in [0.05, 0.1) is 0 Å². The zero-order chi connectivity index (χ0) is 10.2. The Balaban J connectivity index is 2.50. The number of hydrogen-bond donors (Lipinski definition) is 2. The average molecular weight is 256 g/mol. The molecule has 1 aliphatic rings. The van der Waals surface area contributed by atoms with Gasteiger partial charge >= 0.3 is 0 Å². The van der Waals surface area contributed by atoms with Crippen molar-refractivity contribution in [2.24, 2.45) is 5.73 Å². The molecule has 2 nitrogen and oxygen atoms in total. The summed E-state index contributed by atoms with van der Waals surface area (Å²) in [6.07, 6.45) is 2.83. The van der Waals surface area contributed by atoms with Crippen LogP contribution in [0.3, 0.4) is 0 Å². The number of nitrogens with two attached hydrogens (primary N) is 1. The fourth-order valence-electron chi connectivity index (χ4n) is 2.14. The Morgan fingerprint density at radius 3 is 3.00 bits per heavy atom. The molecule has 1 unspecified atom stereocenters. The summed E-state index contributed by atoms with van der Waals surface area (Å²) in [6, 6.07) is 6.02. The molecule has 0 saturated heterocycles. The van der Waals surface area contributed by atoms with E-state index in [1.54, 1.807) is 0 Å². The van der Waals surface area contributed by atoms with Gasteiger partial charge in [-0.15, -0.1) is 0 Å². The van der Waals surface area contributed by atoms with Crippen LogP contribution >= 0.6 is 15.9 Å². The Labute approximate surface area is 92.3 Å². The minimum Gasteiger partial charge on any atom is -0.384 e. The van der Waals surface area contributed by atoms with Crippen LogP contribution in [-0.4, -0.2) is 11.7 Å². The van der Waals surface area contributed by atoms with Gasteiger partial charge in [-0.1, -0.05) is 22.0 Å². The van der Waals surface area contributed by atoms with Gasteiger partial charge in [0, 0.05) is 11.0 Å². The van der Waals surface area contributed by atoms with Crippen molar-refractivity contribution in [2.75, 3.05) is 6.54 Å². The summed E-state index contributed by atoms with van der Waals surface area (Å²) in [5.41, 5.74) is 7.06. The molecule has 0 heterocycles. The number of aliphatic hydroxyl groups is 1. The molecular formula is C11H14BrNO. The van der Waals surface area contributed by atoms with Gasteiger partial charge in [-0.25, -0.2) is 0 Å². The zero-order valence-corrected chi connectivity index (χ0v) is 9.55. The topological polar surface area (TPSA) is 46.2 Å². The normalized spacial score (nSPS) is 25.9. The van der Waals surface area contributed by atoms with Crippen LogP contribution in [0.25, 0.3) is 0 Å². The summed E-state index contributed by atoms with van der Waals surface area (Å²) < 4.78 is 1.07. The lowest BCUT2D eigenvalue weighted by Crippen LogP contribution is -2.38. The van der Waals surface area contributed by atoms with Crippen molar-refractivity contribution in [3.8, 4) is 0 Å². The van der Waals surface area contributed by atoms with Crippen molar-refractivity contribution in [2.45, 2.75) is 24.9 Å². The molecule has 1 aromatic carbocycles. The minimum atomic E-state index is -0.797. The van der Waals surface area contributed by atoms with Crippen molar-refractivity contribution in [1.82, 2.24) is 0 Å². The molecule has 0 spiro atoms. The summed E-state index contributed by atoms with van der Waals surface area (Å²) in [5, 5.41) is 10.3. The predicted molar refractivity (Wildman–Crippen MR) is 60.0 cm³/mol. The maximum Gasteiger partial charge on any atom is 0.102 e. The molecule has 0 radical (unpaired) electrons. The van der Waals surface area contributed by atoms with Gasteiger partial charge in [-0.05, 0) is 42.5 Å². The summed E-state index contributed by atoms with van der Waals surface area (Å²) in [4.78, 5) is 0. The molecule has 0 fully saturated rings. The van der Waals surface area contributed by atoms with E-state index in [-0.39, 0.29) is 0 Å². The van der Waals surface area contributed by atoms with Gasteiger partial charge in [-0.2, -0.15) is 0 Å². The Hall–Kier alpha value is -0.380. The van der Waals surface area contributed by atoms with Crippen molar-refractivity contribution < 1.29 is 5.11 Å². The fourth-order valence-corrected chi connectivity index (χ4v) is 2.55. The highest BCUT2D eigenvalue weighted by Crippen LogP contribution is 2.35. The molecule has 1 aliphatic carbocycles. The van der Waals surface area contributed by atoms with E-state index in [0.29, 0.717) is 6.54 Å². The molecule has 76 valence electrons. The van der Waals surface area contributed by atoms with Crippen molar-refractivity contribution in [3.05, 3.63) is 33.8 Å². The second kappa shape index (κ2) is 3.65. The van der Waals surface area contributed by atoms with Gasteiger partial charge in [0.1, 0.15) is 5.60 Å². The van der Waals surface area contributed by atoms with E-state index in [2.05, 4.69) is 22.0 Å². The SMILES string of the molecule is NCC1(O)CCCc2cc(Br)ccc21. The van der Waals surface area contributed by atoms with E-state index >= 15 is 0 Å². The van der Waals surface area contributed by atoms with Gasteiger partial charge in [0.15, 0.2) is 0 Å². The monoisotopic (exact) mass is 255 g/mol. The average Bonchev–Trinajstić information content (AvgIpc) is 2.18. The Bertz CT molecular complexity index is 353. The number of halogens is 1. The molecule has 1 aromatic rings. The molecule has 0 saturated carbocycles. The lowest BCUT2D eigenvalue weighted by Gasteiger charge is -2.33. The second-order valence-electron chi connectivity index (χ2n) is 3.89. The van der Waals surface area contributed by atoms with Crippen LogP contribution in [0.15, 0.2) is 22.7 Å². The molecule has 14 heavy (non-hydrogen) atoms. The quantitative estimate of drug-likeness (QED) is 0.806. The van der Waals surface area contributed by atoms with Gasteiger partial charge in [0.25, 0.3) is 0 Å². The molecule has 0 bridgehead atoms. The Kier molecular flexibility index (Phi) is 2.64. The van der Waals surface area contributed by atoms with Gasteiger partial charge in [0.2, 0.25) is 0 Å². The molecule has 3 N–H and O–H groups in total. The van der Waals surface area contributed by atoms with E-state index in [1.165, 1.54) is 5.56 Å². The zero-order valence-electron chi connectivity index (χ0n) is 7.96. The van der Waals surface area contributed by atoms with Gasteiger partial charge in [-0.3, -0.25) is 0 Å². The molecule has 1 atom stereocenters. The summed E-state index contributed by atoms with van der Waals surface area (Å²) in [7, 11) is 0.